The predicted molar refractivity (Wildman–Crippen MR) is 116 cm³/mol. The number of nitrogens with zero attached hydrogens (tertiary/aromatic N) is 6. The van der Waals surface area contributed by atoms with E-state index in [0.717, 1.165) is 9.08 Å². The van der Waals surface area contributed by atoms with Crippen molar-refractivity contribution in [3.05, 3.63) is 22.5 Å². The van der Waals surface area contributed by atoms with Gasteiger partial charge in [-0.15, -0.1) is 5.10 Å². The molecule has 0 radical (unpaired) electrons. The maximum atomic E-state index is 12.1. The van der Waals surface area contributed by atoms with Gasteiger partial charge in [0.1, 0.15) is 26.1 Å². The molecular formula is C15H26N6O7PS2+. The van der Waals surface area contributed by atoms with Gasteiger partial charge >= 0.3 is 19.5 Å². The van der Waals surface area contributed by atoms with Crippen LogP contribution >= 0.6 is 29.4 Å². The van der Waals surface area contributed by atoms with Gasteiger partial charge in [-0.05, 0) is 0 Å². The van der Waals surface area contributed by atoms with E-state index in [2.05, 4.69) is 15.3 Å². The van der Waals surface area contributed by atoms with Crippen LogP contribution < -0.4 is 5.69 Å². The Morgan fingerprint density at radius 3 is 2.52 bits per heavy atom. The zero-order chi connectivity index (χ0) is 23.1. The predicted octanol–water partition coefficient (Wildman–Crippen LogP) is 0.201. The molecule has 1 N–H and O–H groups in total. The van der Waals surface area contributed by atoms with Crippen molar-refractivity contribution in [3.63, 3.8) is 0 Å². The highest BCUT2D eigenvalue weighted by Crippen LogP contribution is 2.43. The number of carbonyl (C=O) groups excluding carboxylic acids is 1. The van der Waals surface area contributed by atoms with Gasteiger partial charge in [-0.1, -0.05) is 26.8 Å². The molecule has 1 atom stereocenters. The van der Waals surface area contributed by atoms with Gasteiger partial charge < -0.3 is 14.1 Å². The molecule has 0 aliphatic rings. The zero-order valence-electron chi connectivity index (χ0n) is 17.7. The molecule has 0 saturated carbocycles. The van der Waals surface area contributed by atoms with Gasteiger partial charge in [0.05, 0.1) is 27.7 Å². The number of likely N-dealkylation sites (N-methyl/N-ethyl adjacent to an activating group) is 1. The Balaban J connectivity index is 1.60. The highest BCUT2D eigenvalue weighted by atomic mass is 33.1. The SMILES string of the molecule is Cn1nnc2c(C(=O)OCCSSCCOP(=O)(O)OCC[N+](C)(C)C)ncn2c1=O. The molecule has 2 heterocycles. The molecule has 0 amide bonds. The second-order valence-electron chi connectivity index (χ2n) is 7.21. The number of ether oxygens (including phenoxy) is 1. The quantitative estimate of drug-likeness (QED) is 0.133. The molecule has 16 heteroatoms. The molecule has 2 rings (SSSR count). The monoisotopic (exact) mass is 497 g/mol. The highest BCUT2D eigenvalue weighted by Gasteiger charge is 2.22. The minimum Gasteiger partial charge on any atom is -0.460 e. The van der Waals surface area contributed by atoms with E-state index in [-0.39, 0.29) is 31.2 Å². The molecule has 0 fully saturated rings. The standard InChI is InChI=1S/C15H25N6O7PS2/c1-19-15(23)20-11-16-12(13(20)17-18-19)14(22)26-7-9-30-31-10-8-28-29(24,25)27-6-5-21(2,3)4/h11H,5-10H2,1-4H3/p+1. The Bertz CT molecular complexity index is 992. The second kappa shape index (κ2) is 11.4. The van der Waals surface area contributed by atoms with Gasteiger partial charge in [-0.2, -0.15) is 4.68 Å². The van der Waals surface area contributed by atoms with Crippen molar-refractivity contribution in [3.8, 4) is 0 Å². The fourth-order valence-corrected chi connectivity index (χ4v) is 4.52. The molecule has 174 valence electrons. The second-order valence-corrected chi connectivity index (χ2v) is 11.4. The number of phosphoric ester groups is 1. The van der Waals surface area contributed by atoms with Crippen LogP contribution in [0.15, 0.2) is 11.1 Å². The van der Waals surface area contributed by atoms with Crippen LogP contribution in [0.3, 0.4) is 0 Å². The van der Waals surface area contributed by atoms with Gasteiger partial charge in [0.2, 0.25) is 0 Å². The number of carbonyl (C=O) groups is 1. The molecule has 0 bridgehead atoms. The first kappa shape index (κ1) is 25.8. The lowest BCUT2D eigenvalue weighted by atomic mass is 10.4. The van der Waals surface area contributed by atoms with Crippen molar-refractivity contribution >= 4 is 41.0 Å². The van der Waals surface area contributed by atoms with Gasteiger partial charge in [-0.25, -0.2) is 23.5 Å². The largest absolute Gasteiger partial charge is 0.472 e. The van der Waals surface area contributed by atoms with Gasteiger partial charge in [0, 0.05) is 18.6 Å². The van der Waals surface area contributed by atoms with Crippen molar-refractivity contribution < 1.29 is 32.5 Å². The van der Waals surface area contributed by atoms with Crippen molar-refractivity contribution in [2.24, 2.45) is 7.05 Å². The molecule has 1 unspecified atom stereocenters. The minimum atomic E-state index is -4.05. The van der Waals surface area contributed by atoms with E-state index in [0.29, 0.717) is 22.5 Å². The molecule has 0 spiro atoms. The molecule has 2 aromatic heterocycles. The lowest BCUT2D eigenvalue weighted by molar-refractivity contribution is -0.870. The first-order valence-electron chi connectivity index (χ1n) is 9.11. The third-order valence-electron chi connectivity index (χ3n) is 3.61. The van der Waals surface area contributed by atoms with Gasteiger partial charge in [0.15, 0.2) is 11.3 Å². The van der Waals surface area contributed by atoms with Gasteiger partial charge in [-0.3, -0.25) is 9.05 Å². The van der Waals surface area contributed by atoms with E-state index in [9.17, 15) is 19.0 Å². The van der Waals surface area contributed by atoms with Crippen molar-refractivity contribution in [2.75, 3.05) is 59.0 Å². The normalized spacial score (nSPS) is 14.0. The maximum Gasteiger partial charge on any atom is 0.472 e. The molecular weight excluding hydrogens is 471 g/mol. The summed E-state index contributed by atoms with van der Waals surface area (Å²) >= 11 is 0. The third-order valence-corrected chi connectivity index (χ3v) is 6.96. The van der Waals surface area contributed by atoms with Crippen molar-refractivity contribution in [1.29, 1.82) is 0 Å². The molecule has 0 aliphatic carbocycles. The first-order chi connectivity index (χ1) is 14.5. The fourth-order valence-electron chi connectivity index (χ4n) is 2.03. The Morgan fingerprint density at radius 2 is 1.84 bits per heavy atom. The van der Waals surface area contributed by atoms with Crippen LogP contribution in [0.25, 0.3) is 5.65 Å². The number of quaternary nitrogens is 1. The van der Waals surface area contributed by atoms with Gasteiger partial charge in [0.25, 0.3) is 0 Å². The summed E-state index contributed by atoms with van der Waals surface area (Å²) in [5.74, 6) is 0.227. The van der Waals surface area contributed by atoms with Crippen LogP contribution in [0.4, 0.5) is 0 Å². The number of hydrogen-bond acceptors (Lipinski definition) is 11. The number of fused-ring (bicyclic) bond motifs is 1. The average molecular weight is 498 g/mol. The fraction of sp³-hybridized carbons (Fsp3) is 0.667. The molecule has 2 aromatic rings. The van der Waals surface area contributed by atoms with Crippen LogP contribution in [-0.2, 0) is 25.4 Å². The number of hydrogen-bond donors (Lipinski definition) is 1. The summed E-state index contributed by atoms with van der Waals surface area (Å²) in [6.07, 6.45) is 1.19. The molecule has 0 aromatic carbocycles. The zero-order valence-corrected chi connectivity index (χ0v) is 20.2. The number of aromatic nitrogens is 5. The summed E-state index contributed by atoms with van der Waals surface area (Å²) < 4.78 is 29.5. The Hall–Kier alpha value is -1.48. The number of imidazole rings is 1. The van der Waals surface area contributed by atoms with E-state index < -0.39 is 19.5 Å². The van der Waals surface area contributed by atoms with Crippen LogP contribution in [0, 0.1) is 0 Å². The number of phosphoric acid groups is 1. The lowest BCUT2D eigenvalue weighted by Crippen LogP contribution is -2.37. The summed E-state index contributed by atoms with van der Waals surface area (Å²) in [7, 11) is 6.04. The van der Waals surface area contributed by atoms with E-state index >= 15 is 0 Å². The molecule has 0 saturated heterocycles. The Kier molecular flexibility index (Phi) is 9.48. The summed E-state index contributed by atoms with van der Waals surface area (Å²) in [6.45, 7) is 0.858. The van der Waals surface area contributed by atoms with Crippen molar-refractivity contribution in [2.45, 2.75) is 0 Å². The van der Waals surface area contributed by atoms with Crippen LogP contribution in [0.1, 0.15) is 10.5 Å². The van der Waals surface area contributed by atoms with E-state index in [4.69, 9.17) is 13.8 Å². The van der Waals surface area contributed by atoms with Crippen LogP contribution in [0.5, 0.6) is 0 Å². The summed E-state index contributed by atoms with van der Waals surface area (Å²) in [5.41, 5.74) is -0.526. The lowest BCUT2D eigenvalue weighted by Gasteiger charge is -2.23. The summed E-state index contributed by atoms with van der Waals surface area (Å²) in [5, 5.41) is 7.41. The van der Waals surface area contributed by atoms with E-state index in [1.54, 1.807) is 0 Å². The minimum absolute atomic E-state index is 0.0318. The molecule has 0 aliphatic heterocycles. The topological polar surface area (TPSA) is 147 Å². The van der Waals surface area contributed by atoms with E-state index in [1.807, 2.05) is 21.1 Å². The van der Waals surface area contributed by atoms with Crippen LogP contribution in [-0.4, -0.2) is 98.7 Å². The van der Waals surface area contributed by atoms with Crippen molar-refractivity contribution in [1.82, 2.24) is 24.4 Å². The number of esters is 1. The smallest absolute Gasteiger partial charge is 0.460 e. The Labute approximate surface area is 186 Å². The maximum absolute atomic E-state index is 12.1. The van der Waals surface area contributed by atoms with E-state index in [1.165, 1.54) is 35.0 Å². The summed E-state index contributed by atoms with van der Waals surface area (Å²) in [4.78, 5) is 37.5. The molecule has 13 nitrogen and oxygen atoms in total. The third kappa shape index (κ3) is 8.52. The van der Waals surface area contributed by atoms with Crippen LogP contribution in [0.2, 0.25) is 0 Å². The average Bonchev–Trinajstić information content (AvgIpc) is 3.10. The number of rotatable bonds is 13. The first-order valence-corrected chi connectivity index (χ1v) is 13.1. The Morgan fingerprint density at radius 1 is 1.19 bits per heavy atom. The molecule has 31 heavy (non-hydrogen) atoms. The number of aryl methyl sites for hydroxylation is 1. The highest BCUT2D eigenvalue weighted by molar-refractivity contribution is 8.76. The summed E-state index contributed by atoms with van der Waals surface area (Å²) in [6, 6.07) is 0.